The molecule has 0 radical (unpaired) electrons. The molecule has 4 rings (SSSR count). The first-order chi connectivity index (χ1) is 14.2. The van der Waals surface area contributed by atoms with Crippen LogP contribution in [0.4, 0.5) is 11.4 Å². The predicted molar refractivity (Wildman–Crippen MR) is 126 cm³/mol. The minimum absolute atomic E-state index is 0.265. The lowest BCUT2D eigenvalue weighted by Gasteiger charge is -2.22. The second kappa shape index (κ2) is 8.60. The summed E-state index contributed by atoms with van der Waals surface area (Å²) in [4.78, 5) is 0. The molecule has 3 aromatic carbocycles. The van der Waals surface area contributed by atoms with E-state index >= 15 is 0 Å². The number of anilines is 2. The Morgan fingerprint density at radius 1 is 0.724 bits per heavy atom. The molecule has 0 aliphatic carbocycles. The van der Waals surface area contributed by atoms with Crippen molar-refractivity contribution in [3.8, 4) is 0 Å². The summed E-state index contributed by atoms with van der Waals surface area (Å²) in [5.41, 5.74) is 17.7. The molecule has 1 aromatic heterocycles. The summed E-state index contributed by atoms with van der Waals surface area (Å²) in [5.74, 6) is 0. The van der Waals surface area contributed by atoms with Gasteiger partial charge in [0, 0.05) is 22.1 Å². The third kappa shape index (κ3) is 3.95. The molecule has 29 heavy (non-hydrogen) atoms. The molecule has 3 heteroatoms. The summed E-state index contributed by atoms with van der Waals surface area (Å²) < 4.78 is 2.46. The molecule has 0 saturated carbocycles. The van der Waals surface area contributed by atoms with Crippen LogP contribution in [0, 0.1) is 0 Å². The number of hydrogen-bond donors (Lipinski definition) is 2. The summed E-state index contributed by atoms with van der Waals surface area (Å²) in [5, 5.41) is 2.47. The van der Waals surface area contributed by atoms with Gasteiger partial charge in [-0.3, -0.25) is 0 Å². The smallest absolute Gasteiger partial charge is 0.0592 e. The van der Waals surface area contributed by atoms with E-state index in [4.69, 9.17) is 11.5 Å². The molecule has 0 aliphatic rings. The van der Waals surface area contributed by atoms with Gasteiger partial charge in [-0.15, -0.1) is 0 Å². The standard InChI is InChI=1S/C26H31N3/c1-2-3-4-5-9-12-24(19-10-7-6-8-11-19)29-25-17-20(27)13-15-22(25)23-16-14-21(28)18-26(23)29/h6-8,10-11,13-18,24H,2-5,9,12,27-28H2,1H3. The van der Waals surface area contributed by atoms with Gasteiger partial charge in [-0.2, -0.15) is 0 Å². The molecule has 4 aromatic rings. The molecule has 3 nitrogen and oxygen atoms in total. The zero-order valence-electron chi connectivity index (χ0n) is 17.3. The number of unbranched alkanes of at least 4 members (excludes halogenated alkanes) is 4. The maximum Gasteiger partial charge on any atom is 0.0592 e. The Balaban J connectivity index is 1.86. The highest BCUT2D eigenvalue weighted by atomic mass is 15.0. The third-order valence-electron chi connectivity index (χ3n) is 5.93. The van der Waals surface area contributed by atoms with Crippen molar-refractivity contribution < 1.29 is 0 Å². The zero-order valence-corrected chi connectivity index (χ0v) is 17.3. The van der Waals surface area contributed by atoms with Crippen LogP contribution in [0.3, 0.4) is 0 Å². The highest BCUT2D eigenvalue weighted by Gasteiger charge is 2.20. The Kier molecular flexibility index (Phi) is 5.75. The summed E-state index contributed by atoms with van der Waals surface area (Å²) >= 11 is 0. The van der Waals surface area contributed by atoms with Crippen LogP contribution in [0.1, 0.15) is 57.1 Å². The van der Waals surface area contributed by atoms with E-state index < -0.39 is 0 Å². The maximum absolute atomic E-state index is 6.20. The van der Waals surface area contributed by atoms with E-state index in [9.17, 15) is 0 Å². The summed E-state index contributed by atoms with van der Waals surface area (Å²) in [7, 11) is 0. The normalized spacial score (nSPS) is 12.6. The molecular formula is C26H31N3. The van der Waals surface area contributed by atoms with Crippen LogP contribution in [0.15, 0.2) is 66.7 Å². The molecule has 0 fully saturated rings. The molecule has 4 N–H and O–H groups in total. The van der Waals surface area contributed by atoms with Crippen molar-refractivity contribution in [2.24, 2.45) is 0 Å². The van der Waals surface area contributed by atoms with Crippen molar-refractivity contribution in [3.63, 3.8) is 0 Å². The fraction of sp³-hybridized carbons (Fsp3) is 0.308. The lowest BCUT2D eigenvalue weighted by Crippen LogP contribution is -2.11. The number of hydrogen-bond acceptors (Lipinski definition) is 2. The van der Waals surface area contributed by atoms with Crippen LogP contribution >= 0.6 is 0 Å². The van der Waals surface area contributed by atoms with Crippen LogP contribution < -0.4 is 11.5 Å². The fourth-order valence-corrected chi connectivity index (χ4v) is 4.48. The minimum atomic E-state index is 0.265. The van der Waals surface area contributed by atoms with Gasteiger partial charge in [0.05, 0.1) is 17.1 Å². The van der Waals surface area contributed by atoms with Gasteiger partial charge < -0.3 is 16.0 Å². The number of fused-ring (bicyclic) bond motifs is 3. The van der Waals surface area contributed by atoms with Gasteiger partial charge in [0.25, 0.3) is 0 Å². The van der Waals surface area contributed by atoms with Crippen LogP contribution in [0.5, 0.6) is 0 Å². The first kappa shape index (κ1) is 19.4. The van der Waals surface area contributed by atoms with E-state index in [1.165, 1.54) is 59.5 Å². The average molecular weight is 386 g/mol. The highest BCUT2D eigenvalue weighted by molar-refractivity contribution is 6.09. The lowest BCUT2D eigenvalue weighted by atomic mass is 9.99. The Morgan fingerprint density at radius 2 is 1.31 bits per heavy atom. The molecule has 1 heterocycles. The van der Waals surface area contributed by atoms with E-state index in [1.807, 2.05) is 12.1 Å². The third-order valence-corrected chi connectivity index (χ3v) is 5.93. The van der Waals surface area contributed by atoms with Gasteiger partial charge in [-0.1, -0.05) is 81.5 Å². The molecule has 1 atom stereocenters. The molecule has 0 amide bonds. The Morgan fingerprint density at radius 3 is 1.90 bits per heavy atom. The molecule has 0 bridgehead atoms. The van der Waals surface area contributed by atoms with Gasteiger partial charge in [0.15, 0.2) is 0 Å². The minimum Gasteiger partial charge on any atom is -0.399 e. The van der Waals surface area contributed by atoms with Crippen LogP contribution in [0.25, 0.3) is 21.8 Å². The Labute approximate surface area is 173 Å². The number of aromatic nitrogens is 1. The van der Waals surface area contributed by atoms with Gasteiger partial charge in [0.1, 0.15) is 0 Å². The molecule has 0 saturated heterocycles. The van der Waals surface area contributed by atoms with Crippen molar-refractivity contribution in [1.82, 2.24) is 4.57 Å². The molecule has 0 aliphatic heterocycles. The Bertz CT molecular complexity index is 1040. The first-order valence-corrected chi connectivity index (χ1v) is 10.8. The second-order valence-corrected chi connectivity index (χ2v) is 8.05. The van der Waals surface area contributed by atoms with Gasteiger partial charge in [-0.25, -0.2) is 0 Å². The monoisotopic (exact) mass is 385 g/mol. The van der Waals surface area contributed by atoms with Crippen molar-refractivity contribution in [2.75, 3.05) is 11.5 Å². The highest BCUT2D eigenvalue weighted by Crippen LogP contribution is 2.38. The topological polar surface area (TPSA) is 57.0 Å². The van der Waals surface area contributed by atoms with Crippen LogP contribution in [-0.4, -0.2) is 4.57 Å². The van der Waals surface area contributed by atoms with E-state index in [2.05, 4.69) is 66.1 Å². The molecule has 150 valence electrons. The van der Waals surface area contributed by atoms with E-state index in [0.29, 0.717) is 0 Å². The zero-order chi connectivity index (χ0) is 20.2. The van der Waals surface area contributed by atoms with Gasteiger partial charge in [-0.05, 0) is 36.2 Å². The molecule has 0 spiro atoms. The predicted octanol–water partition coefficient (Wildman–Crippen LogP) is 6.91. The van der Waals surface area contributed by atoms with Crippen molar-refractivity contribution in [1.29, 1.82) is 0 Å². The number of nitrogens with zero attached hydrogens (tertiary/aromatic N) is 1. The summed E-state index contributed by atoms with van der Waals surface area (Å²) in [6.07, 6.45) is 7.50. The van der Waals surface area contributed by atoms with Crippen LogP contribution in [-0.2, 0) is 0 Å². The number of rotatable bonds is 8. The van der Waals surface area contributed by atoms with E-state index in [0.717, 1.165) is 17.8 Å². The summed E-state index contributed by atoms with van der Waals surface area (Å²) in [6, 6.07) is 23.6. The van der Waals surface area contributed by atoms with E-state index in [1.54, 1.807) is 0 Å². The van der Waals surface area contributed by atoms with Gasteiger partial charge >= 0.3 is 0 Å². The number of nitrogen functional groups attached to an aromatic ring is 2. The average Bonchev–Trinajstić information content (AvgIpc) is 3.03. The van der Waals surface area contributed by atoms with Crippen LogP contribution in [0.2, 0.25) is 0 Å². The maximum atomic E-state index is 6.20. The largest absolute Gasteiger partial charge is 0.399 e. The molecule has 1 unspecified atom stereocenters. The van der Waals surface area contributed by atoms with Crippen molar-refractivity contribution in [2.45, 2.75) is 51.5 Å². The quantitative estimate of drug-likeness (QED) is 0.256. The van der Waals surface area contributed by atoms with Crippen molar-refractivity contribution >= 4 is 33.2 Å². The Hall–Kier alpha value is -2.94. The molecular weight excluding hydrogens is 354 g/mol. The van der Waals surface area contributed by atoms with Gasteiger partial charge in [0.2, 0.25) is 0 Å². The number of nitrogens with two attached hydrogens (primary N) is 2. The SMILES string of the molecule is CCCCCCCC(c1ccccc1)n1c2cc(N)ccc2c2ccc(N)cc21. The fourth-order valence-electron chi connectivity index (χ4n) is 4.48. The second-order valence-electron chi connectivity index (χ2n) is 8.05. The lowest BCUT2D eigenvalue weighted by molar-refractivity contribution is 0.513. The van der Waals surface area contributed by atoms with E-state index in [-0.39, 0.29) is 6.04 Å². The summed E-state index contributed by atoms with van der Waals surface area (Å²) in [6.45, 7) is 2.26. The number of benzene rings is 3. The first-order valence-electron chi connectivity index (χ1n) is 10.8. The van der Waals surface area contributed by atoms with Crippen molar-refractivity contribution in [3.05, 3.63) is 72.3 Å².